The fourth-order valence-corrected chi connectivity index (χ4v) is 8.34. The number of rotatable bonds is 7. The van der Waals surface area contributed by atoms with Crippen molar-refractivity contribution in [3.63, 3.8) is 0 Å². The molecule has 0 fully saturated rings. The standard InChI is InChI=1S/C55H35N3O/c1-3-16-36(17-4-1)42-24-7-10-28-50(42)55-57-53(37-18-5-2-6-19-37)56-54(58-55)41-23-14-21-39(35-41)38-20-13-22-40(34-38)43-32-33-46(45-26-9-8-25-44(43)45)48-29-15-30-49-47-27-11-12-31-51(47)59-52(48)49/h1-35H. The molecule has 0 amide bonds. The number of hydrogen-bond acceptors (Lipinski definition) is 4. The van der Waals surface area contributed by atoms with Crippen molar-refractivity contribution in [3.05, 3.63) is 212 Å². The van der Waals surface area contributed by atoms with E-state index in [1.807, 2.05) is 54.6 Å². The molecule has 0 aliphatic rings. The summed E-state index contributed by atoms with van der Waals surface area (Å²) in [6.45, 7) is 0. The molecule has 0 saturated heterocycles. The van der Waals surface area contributed by atoms with Gasteiger partial charge in [-0.1, -0.05) is 194 Å². The summed E-state index contributed by atoms with van der Waals surface area (Å²) in [5, 5.41) is 4.62. The Balaban J connectivity index is 1.00. The van der Waals surface area contributed by atoms with Crippen LogP contribution in [0.4, 0.5) is 0 Å². The lowest BCUT2D eigenvalue weighted by atomic mass is 9.90. The number of hydrogen-bond donors (Lipinski definition) is 0. The second-order valence-corrected chi connectivity index (χ2v) is 14.7. The van der Waals surface area contributed by atoms with Crippen LogP contribution in [0.25, 0.3) is 111 Å². The Bertz CT molecular complexity index is 3330. The minimum absolute atomic E-state index is 0.621. The first kappa shape index (κ1) is 34.3. The van der Waals surface area contributed by atoms with Crippen LogP contribution < -0.4 is 0 Å². The van der Waals surface area contributed by atoms with Gasteiger partial charge in [-0.2, -0.15) is 0 Å². The van der Waals surface area contributed by atoms with E-state index in [1.165, 1.54) is 16.3 Å². The highest BCUT2D eigenvalue weighted by Gasteiger charge is 2.18. The lowest BCUT2D eigenvalue weighted by Gasteiger charge is -2.14. The molecule has 0 atom stereocenters. The van der Waals surface area contributed by atoms with Crippen molar-refractivity contribution in [2.45, 2.75) is 0 Å². The van der Waals surface area contributed by atoms with Crippen LogP contribution in [0, 0.1) is 0 Å². The molecule has 11 rings (SSSR count). The molecule has 0 spiro atoms. The lowest BCUT2D eigenvalue weighted by Crippen LogP contribution is -2.01. The van der Waals surface area contributed by atoms with Gasteiger partial charge in [0.25, 0.3) is 0 Å². The first-order valence-corrected chi connectivity index (χ1v) is 19.9. The summed E-state index contributed by atoms with van der Waals surface area (Å²) in [4.78, 5) is 15.3. The Morgan fingerprint density at radius 3 is 1.49 bits per heavy atom. The molecule has 276 valence electrons. The van der Waals surface area contributed by atoms with Crippen molar-refractivity contribution in [2.24, 2.45) is 0 Å². The van der Waals surface area contributed by atoms with Gasteiger partial charge < -0.3 is 4.42 Å². The average Bonchev–Trinajstić information content (AvgIpc) is 3.71. The molecule has 4 nitrogen and oxygen atoms in total. The molecular weight excluding hydrogens is 719 g/mol. The number of aromatic nitrogens is 3. The van der Waals surface area contributed by atoms with Crippen LogP contribution >= 0.6 is 0 Å². The van der Waals surface area contributed by atoms with Crippen LogP contribution in [0.15, 0.2) is 217 Å². The van der Waals surface area contributed by atoms with Crippen LogP contribution in [0.2, 0.25) is 0 Å². The van der Waals surface area contributed by atoms with Crippen LogP contribution in [-0.4, -0.2) is 15.0 Å². The lowest BCUT2D eigenvalue weighted by molar-refractivity contribution is 0.670. The molecule has 0 aliphatic carbocycles. The predicted octanol–water partition coefficient (Wildman–Crippen LogP) is 14.6. The van der Waals surface area contributed by atoms with Crippen molar-refractivity contribution in [2.75, 3.05) is 0 Å². The van der Waals surface area contributed by atoms with Gasteiger partial charge in [-0.25, -0.2) is 15.0 Å². The van der Waals surface area contributed by atoms with Crippen molar-refractivity contribution in [3.8, 4) is 78.7 Å². The molecule has 2 heterocycles. The van der Waals surface area contributed by atoms with E-state index in [1.54, 1.807) is 0 Å². The first-order valence-electron chi connectivity index (χ1n) is 19.9. The largest absolute Gasteiger partial charge is 0.455 e. The Labute approximate surface area is 341 Å². The maximum absolute atomic E-state index is 6.48. The summed E-state index contributed by atoms with van der Waals surface area (Å²) in [5.41, 5.74) is 13.5. The van der Waals surface area contributed by atoms with E-state index >= 15 is 0 Å². The Hall–Kier alpha value is -7.95. The molecule has 0 radical (unpaired) electrons. The quantitative estimate of drug-likeness (QED) is 0.163. The van der Waals surface area contributed by atoms with Crippen molar-refractivity contribution < 1.29 is 4.42 Å². The van der Waals surface area contributed by atoms with E-state index < -0.39 is 0 Å². The van der Waals surface area contributed by atoms with E-state index in [4.69, 9.17) is 19.4 Å². The summed E-state index contributed by atoms with van der Waals surface area (Å²) in [5.74, 6) is 1.89. The highest BCUT2D eigenvalue weighted by atomic mass is 16.3. The van der Waals surface area contributed by atoms with Gasteiger partial charge in [-0.3, -0.25) is 0 Å². The summed E-state index contributed by atoms with van der Waals surface area (Å²) in [7, 11) is 0. The van der Waals surface area contributed by atoms with Gasteiger partial charge in [0.05, 0.1) is 0 Å². The van der Waals surface area contributed by atoms with Gasteiger partial charge in [0.2, 0.25) is 0 Å². The maximum atomic E-state index is 6.48. The number of nitrogens with zero attached hydrogens (tertiary/aromatic N) is 3. The average molecular weight is 754 g/mol. The van der Waals surface area contributed by atoms with E-state index in [0.29, 0.717) is 17.5 Å². The van der Waals surface area contributed by atoms with Gasteiger partial charge in [-0.05, 0) is 67.9 Å². The van der Waals surface area contributed by atoms with E-state index in [0.717, 1.165) is 77.6 Å². The van der Waals surface area contributed by atoms with Crippen LogP contribution in [-0.2, 0) is 0 Å². The SMILES string of the molecule is c1ccc(-c2nc(-c3cccc(-c4cccc(-c5ccc(-c6cccc7c6oc6ccccc67)c6ccccc56)c4)c3)nc(-c3ccccc3-c3ccccc3)n2)cc1. The number of para-hydroxylation sites is 2. The molecule has 0 saturated carbocycles. The highest BCUT2D eigenvalue weighted by molar-refractivity contribution is 6.13. The van der Waals surface area contributed by atoms with Gasteiger partial charge >= 0.3 is 0 Å². The zero-order valence-electron chi connectivity index (χ0n) is 32.0. The second-order valence-electron chi connectivity index (χ2n) is 14.7. The molecule has 2 aromatic heterocycles. The molecule has 59 heavy (non-hydrogen) atoms. The number of furan rings is 1. The summed E-state index contributed by atoms with van der Waals surface area (Å²) >= 11 is 0. The van der Waals surface area contributed by atoms with Crippen molar-refractivity contribution in [1.29, 1.82) is 0 Å². The molecule has 11 aromatic rings. The van der Waals surface area contributed by atoms with Gasteiger partial charge in [0.1, 0.15) is 11.2 Å². The van der Waals surface area contributed by atoms with E-state index in [9.17, 15) is 0 Å². The molecule has 0 bridgehead atoms. The minimum atomic E-state index is 0.621. The molecular formula is C55H35N3O. The van der Waals surface area contributed by atoms with Crippen LogP contribution in [0.5, 0.6) is 0 Å². The zero-order chi connectivity index (χ0) is 39.1. The topological polar surface area (TPSA) is 51.8 Å². The second kappa shape index (κ2) is 14.5. The minimum Gasteiger partial charge on any atom is -0.455 e. The zero-order valence-corrected chi connectivity index (χ0v) is 32.0. The summed E-state index contributed by atoms with van der Waals surface area (Å²) in [6, 6.07) is 74.0. The van der Waals surface area contributed by atoms with Crippen LogP contribution in [0.1, 0.15) is 0 Å². The smallest absolute Gasteiger partial charge is 0.164 e. The van der Waals surface area contributed by atoms with Crippen molar-refractivity contribution >= 4 is 32.7 Å². The Morgan fingerprint density at radius 2 is 0.729 bits per heavy atom. The predicted molar refractivity (Wildman–Crippen MR) is 243 cm³/mol. The van der Waals surface area contributed by atoms with Gasteiger partial charge in [0, 0.05) is 33.0 Å². The first-order chi connectivity index (χ1) is 29.2. The summed E-state index contributed by atoms with van der Waals surface area (Å²) < 4.78 is 6.48. The van der Waals surface area contributed by atoms with Crippen LogP contribution in [0.3, 0.4) is 0 Å². The fraction of sp³-hybridized carbons (Fsp3) is 0. The van der Waals surface area contributed by atoms with Gasteiger partial charge in [0.15, 0.2) is 17.5 Å². The molecule has 0 N–H and O–H groups in total. The summed E-state index contributed by atoms with van der Waals surface area (Å²) in [6.07, 6.45) is 0. The van der Waals surface area contributed by atoms with Gasteiger partial charge in [-0.15, -0.1) is 0 Å². The maximum Gasteiger partial charge on any atom is 0.164 e. The van der Waals surface area contributed by atoms with E-state index in [2.05, 4.69) is 158 Å². The molecule has 0 unspecified atom stereocenters. The third-order valence-electron chi connectivity index (χ3n) is 11.2. The number of fused-ring (bicyclic) bond motifs is 4. The highest BCUT2D eigenvalue weighted by Crippen LogP contribution is 2.42. The molecule has 4 heteroatoms. The normalized spacial score (nSPS) is 11.4. The third kappa shape index (κ3) is 6.24. The fourth-order valence-electron chi connectivity index (χ4n) is 8.34. The van der Waals surface area contributed by atoms with Crippen molar-refractivity contribution in [1.82, 2.24) is 15.0 Å². The number of benzene rings is 9. The third-order valence-corrected chi connectivity index (χ3v) is 11.2. The monoisotopic (exact) mass is 753 g/mol. The molecule has 9 aromatic carbocycles. The van der Waals surface area contributed by atoms with E-state index in [-0.39, 0.29) is 0 Å². The Kier molecular flexibility index (Phi) is 8.45. The molecule has 0 aliphatic heterocycles. The Morgan fingerprint density at radius 1 is 0.254 bits per heavy atom.